The molecule has 0 saturated carbocycles. The normalized spacial score (nSPS) is 12.1. The molecule has 0 spiro atoms. The first-order valence-corrected chi connectivity index (χ1v) is 8.08. The van der Waals surface area contributed by atoms with E-state index in [1.54, 1.807) is 7.11 Å². The Labute approximate surface area is 150 Å². The Morgan fingerprint density at radius 2 is 1.80 bits per heavy atom. The smallest absolute Gasteiger partial charge is 0.253 e. The van der Waals surface area contributed by atoms with Crippen LogP contribution in [0.3, 0.4) is 0 Å². The number of amides is 1. The molecule has 0 aliphatic carbocycles. The van der Waals surface area contributed by atoms with Crippen LogP contribution >= 0.6 is 11.6 Å². The van der Waals surface area contributed by atoms with Crippen LogP contribution in [0.4, 0.5) is 8.78 Å². The zero-order chi connectivity index (χ0) is 18.6. The number of benzene rings is 2. The average Bonchev–Trinajstić information content (AvgIpc) is 2.58. The number of likely N-dealkylation sites (N-methyl/N-ethyl adjacent to an activating group) is 1. The number of carbonyl (C=O) groups excluding carboxylic acids is 1. The van der Waals surface area contributed by atoms with Crippen molar-refractivity contribution in [2.75, 3.05) is 27.7 Å². The van der Waals surface area contributed by atoms with Gasteiger partial charge in [0.2, 0.25) is 0 Å². The van der Waals surface area contributed by atoms with E-state index in [4.69, 9.17) is 16.3 Å². The molecule has 2 N–H and O–H groups in total. The van der Waals surface area contributed by atoms with Gasteiger partial charge in [0.25, 0.3) is 5.91 Å². The first kappa shape index (κ1) is 19.1. The van der Waals surface area contributed by atoms with E-state index in [1.807, 2.05) is 38.4 Å². The summed E-state index contributed by atoms with van der Waals surface area (Å²) in [6.45, 7) is 0.308. The van der Waals surface area contributed by atoms with Gasteiger partial charge in [-0.1, -0.05) is 11.6 Å². The molecule has 0 aliphatic heterocycles. The summed E-state index contributed by atoms with van der Waals surface area (Å²) in [4.78, 5) is 13.4. The molecule has 0 fully saturated rings. The van der Waals surface area contributed by atoms with Crippen LogP contribution in [0.5, 0.6) is 5.75 Å². The molecular formula is C18H20ClF2N2O2+. The molecule has 2 aromatic carbocycles. The highest BCUT2D eigenvalue weighted by Crippen LogP contribution is 2.20. The molecule has 2 aromatic rings. The molecule has 0 radical (unpaired) electrons. The third-order valence-corrected chi connectivity index (χ3v) is 4.25. The monoisotopic (exact) mass is 369 g/mol. The number of carbonyl (C=O) groups is 1. The van der Waals surface area contributed by atoms with E-state index in [1.165, 1.54) is 0 Å². The topological polar surface area (TPSA) is 42.8 Å². The molecule has 0 aliphatic rings. The van der Waals surface area contributed by atoms with Crippen molar-refractivity contribution >= 4 is 17.5 Å². The number of methoxy groups -OCH3 is 1. The summed E-state index contributed by atoms with van der Waals surface area (Å²) in [5.41, 5.74) is 0.917. The lowest BCUT2D eigenvalue weighted by atomic mass is 10.1. The lowest BCUT2D eigenvalue weighted by Gasteiger charge is -2.22. The predicted octanol–water partition coefficient (Wildman–Crippen LogP) is 2.24. The molecule has 0 bridgehead atoms. The first-order valence-electron chi connectivity index (χ1n) is 7.70. The van der Waals surface area contributed by atoms with Crippen LogP contribution in [0.15, 0.2) is 36.4 Å². The maximum atomic E-state index is 13.4. The zero-order valence-electron chi connectivity index (χ0n) is 14.2. The molecule has 0 heterocycles. The number of halogens is 3. The third-order valence-electron chi connectivity index (χ3n) is 3.94. The highest BCUT2D eigenvalue weighted by atomic mass is 35.5. The van der Waals surface area contributed by atoms with Crippen molar-refractivity contribution in [3.05, 3.63) is 64.2 Å². The second-order valence-corrected chi connectivity index (χ2v) is 6.27. The first-order chi connectivity index (χ1) is 11.8. The van der Waals surface area contributed by atoms with Gasteiger partial charge in [0.05, 0.1) is 38.3 Å². The maximum Gasteiger partial charge on any atom is 0.253 e. The van der Waals surface area contributed by atoms with Crippen molar-refractivity contribution in [3.63, 3.8) is 0 Å². The van der Waals surface area contributed by atoms with E-state index in [2.05, 4.69) is 5.32 Å². The van der Waals surface area contributed by atoms with Gasteiger partial charge in [-0.2, -0.15) is 0 Å². The van der Waals surface area contributed by atoms with Crippen molar-refractivity contribution in [3.8, 4) is 5.75 Å². The fourth-order valence-electron chi connectivity index (χ4n) is 2.48. The lowest BCUT2D eigenvalue weighted by Crippen LogP contribution is -3.07. The van der Waals surface area contributed by atoms with Crippen LogP contribution in [0.1, 0.15) is 22.0 Å². The van der Waals surface area contributed by atoms with Gasteiger partial charge in [-0.3, -0.25) is 4.79 Å². The third kappa shape index (κ3) is 4.67. The minimum atomic E-state index is -1.11. The van der Waals surface area contributed by atoms with Crippen molar-refractivity contribution < 1.29 is 23.2 Å². The van der Waals surface area contributed by atoms with Gasteiger partial charge in [-0.15, -0.1) is 0 Å². The summed E-state index contributed by atoms with van der Waals surface area (Å²) in [5.74, 6) is -2.01. The van der Waals surface area contributed by atoms with Gasteiger partial charge in [0, 0.05) is 5.56 Å². The number of hydrogen-bond acceptors (Lipinski definition) is 2. The summed E-state index contributed by atoms with van der Waals surface area (Å²) in [6.07, 6.45) is 0. The zero-order valence-corrected chi connectivity index (χ0v) is 15.0. The minimum Gasteiger partial charge on any atom is -0.497 e. The lowest BCUT2D eigenvalue weighted by molar-refractivity contribution is -0.890. The van der Waals surface area contributed by atoms with E-state index >= 15 is 0 Å². The number of hydrogen-bond donors (Lipinski definition) is 2. The fourth-order valence-corrected chi connectivity index (χ4v) is 2.71. The molecule has 25 heavy (non-hydrogen) atoms. The predicted molar refractivity (Wildman–Crippen MR) is 92.2 cm³/mol. The second-order valence-electron chi connectivity index (χ2n) is 5.86. The van der Waals surface area contributed by atoms with Crippen molar-refractivity contribution in [1.29, 1.82) is 0 Å². The van der Waals surface area contributed by atoms with Crippen LogP contribution in [0.25, 0.3) is 0 Å². The molecule has 7 heteroatoms. The molecule has 2 rings (SSSR count). The van der Waals surface area contributed by atoms with E-state index in [0.717, 1.165) is 28.3 Å². The fraction of sp³-hybridized carbons (Fsp3) is 0.278. The van der Waals surface area contributed by atoms with Gasteiger partial charge in [-0.05, 0) is 36.4 Å². The number of quaternary nitrogens is 1. The molecule has 0 unspecified atom stereocenters. The van der Waals surface area contributed by atoms with Gasteiger partial charge in [-0.25, -0.2) is 8.78 Å². The maximum absolute atomic E-state index is 13.4. The van der Waals surface area contributed by atoms with E-state index < -0.39 is 17.5 Å². The number of nitrogens with one attached hydrogen (secondary N) is 2. The van der Waals surface area contributed by atoms with Crippen LogP contribution in [0, 0.1) is 11.6 Å². The molecule has 4 nitrogen and oxygen atoms in total. The minimum absolute atomic E-state index is 0.0288. The van der Waals surface area contributed by atoms with Crippen molar-refractivity contribution in [2.24, 2.45) is 0 Å². The Morgan fingerprint density at radius 1 is 1.20 bits per heavy atom. The van der Waals surface area contributed by atoms with E-state index in [0.29, 0.717) is 6.54 Å². The van der Waals surface area contributed by atoms with Crippen LogP contribution in [-0.4, -0.2) is 33.7 Å². The highest BCUT2D eigenvalue weighted by Gasteiger charge is 2.21. The summed E-state index contributed by atoms with van der Waals surface area (Å²) >= 11 is 5.84. The van der Waals surface area contributed by atoms with Gasteiger partial charge >= 0.3 is 0 Å². The average molecular weight is 370 g/mol. The molecule has 0 aromatic heterocycles. The Hall–Kier alpha value is -2.18. The number of ether oxygens (including phenoxy) is 1. The summed E-state index contributed by atoms with van der Waals surface area (Å²) in [6, 6.07) is 9.11. The van der Waals surface area contributed by atoms with Crippen molar-refractivity contribution in [1.82, 2.24) is 5.32 Å². The summed E-state index contributed by atoms with van der Waals surface area (Å²) in [5, 5.41) is 2.60. The molecule has 1 amide bonds. The van der Waals surface area contributed by atoms with Crippen LogP contribution < -0.4 is 15.0 Å². The standard InChI is InChI=1S/C18H19ClF2N2O2/c1-23(2)17(11-4-6-12(25-3)7-5-11)10-22-18(24)13-8-15(20)16(21)9-14(13)19/h4-9,17H,10H2,1-3H3,(H,22,24)/p+1/t17-/m0/s1. The Kier molecular flexibility index (Phi) is 6.33. The van der Waals surface area contributed by atoms with Crippen LogP contribution in [-0.2, 0) is 0 Å². The highest BCUT2D eigenvalue weighted by molar-refractivity contribution is 6.33. The molecule has 134 valence electrons. The van der Waals surface area contributed by atoms with Gasteiger partial charge in [0.1, 0.15) is 11.8 Å². The molecule has 0 saturated heterocycles. The van der Waals surface area contributed by atoms with E-state index in [-0.39, 0.29) is 16.6 Å². The van der Waals surface area contributed by atoms with E-state index in [9.17, 15) is 13.6 Å². The van der Waals surface area contributed by atoms with Crippen molar-refractivity contribution in [2.45, 2.75) is 6.04 Å². The largest absolute Gasteiger partial charge is 0.497 e. The van der Waals surface area contributed by atoms with Crippen LogP contribution in [0.2, 0.25) is 5.02 Å². The Balaban J connectivity index is 2.13. The quantitative estimate of drug-likeness (QED) is 0.767. The Bertz CT molecular complexity index is 751. The SMILES string of the molecule is COc1ccc([C@H](CNC(=O)c2cc(F)c(F)cc2Cl)[NH+](C)C)cc1. The second kappa shape index (κ2) is 8.27. The number of rotatable bonds is 6. The molecule has 1 atom stereocenters. The summed E-state index contributed by atoms with van der Waals surface area (Å²) in [7, 11) is 5.52. The van der Waals surface area contributed by atoms with Gasteiger partial charge in [0.15, 0.2) is 11.6 Å². The molecular weight excluding hydrogens is 350 g/mol. The summed E-state index contributed by atoms with van der Waals surface area (Å²) < 4.78 is 31.6. The van der Waals surface area contributed by atoms with Gasteiger partial charge < -0.3 is 15.0 Å². The Morgan fingerprint density at radius 3 is 2.36 bits per heavy atom.